The fourth-order valence-corrected chi connectivity index (χ4v) is 2.92. The van der Waals surface area contributed by atoms with Crippen LogP contribution in [0, 0.1) is 27.3 Å². The molecule has 0 amide bonds. The standard InChI is InChI=1S/C18H11FN4O2S/c19-14-3-5-15(6-4-14)21-10-13(9-20)18-22-17(11-26-18)12-1-7-16(8-2-12)23(24)25/h1-8,10-11,21H. The van der Waals surface area contributed by atoms with Crippen molar-refractivity contribution in [1.82, 2.24) is 4.98 Å². The van der Waals surface area contributed by atoms with Gasteiger partial charge in [0.15, 0.2) is 0 Å². The van der Waals surface area contributed by atoms with E-state index in [1.54, 1.807) is 29.6 Å². The van der Waals surface area contributed by atoms with Crippen LogP contribution in [-0.4, -0.2) is 9.91 Å². The molecule has 0 saturated heterocycles. The maximum atomic E-state index is 12.9. The summed E-state index contributed by atoms with van der Waals surface area (Å²) in [5.74, 6) is -0.340. The SMILES string of the molecule is N#CC(=CNc1ccc(F)cc1)c1nc(-c2ccc([N+](=O)[O-])cc2)cs1. The second-order valence-corrected chi connectivity index (χ2v) is 6.02. The Morgan fingerprint density at radius 3 is 2.54 bits per heavy atom. The number of hydrogen-bond acceptors (Lipinski definition) is 6. The van der Waals surface area contributed by atoms with Gasteiger partial charge < -0.3 is 5.32 Å². The van der Waals surface area contributed by atoms with Crippen LogP contribution in [0.5, 0.6) is 0 Å². The molecule has 0 saturated carbocycles. The number of nitrogens with one attached hydrogen (secondary N) is 1. The number of rotatable bonds is 5. The Balaban J connectivity index is 1.80. The molecule has 2 aromatic carbocycles. The Hall–Kier alpha value is -3.57. The first-order valence-electron chi connectivity index (χ1n) is 7.40. The molecule has 6 nitrogen and oxygen atoms in total. The van der Waals surface area contributed by atoms with Gasteiger partial charge in [-0.25, -0.2) is 9.37 Å². The highest BCUT2D eigenvalue weighted by molar-refractivity contribution is 7.11. The summed E-state index contributed by atoms with van der Waals surface area (Å²) in [6.45, 7) is 0. The summed E-state index contributed by atoms with van der Waals surface area (Å²) in [6.07, 6.45) is 1.51. The van der Waals surface area contributed by atoms with Crippen LogP contribution in [0.3, 0.4) is 0 Å². The van der Waals surface area contributed by atoms with Crippen LogP contribution in [0.4, 0.5) is 15.8 Å². The Bertz CT molecular complexity index is 1000. The molecule has 1 aromatic heterocycles. The van der Waals surface area contributed by atoms with Crippen molar-refractivity contribution in [2.75, 3.05) is 5.32 Å². The van der Waals surface area contributed by atoms with E-state index < -0.39 is 4.92 Å². The lowest BCUT2D eigenvalue weighted by Crippen LogP contribution is -1.91. The summed E-state index contributed by atoms with van der Waals surface area (Å²) in [7, 11) is 0. The number of non-ortho nitro benzene ring substituents is 1. The van der Waals surface area contributed by atoms with Gasteiger partial charge in [0, 0.05) is 35.0 Å². The highest BCUT2D eigenvalue weighted by atomic mass is 32.1. The van der Waals surface area contributed by atoms with Crippen molar-refractivity contribution in [3.63, 3.8) is 0 Å². The van der Waals surface area contributed by atoms with Gasteiger partial charge in [0.1, 0.15) is 22.5 Å². The minimum Gasteiger partial charge on any atom is -0.360 e. The smallest absolute Gasteiger partial charge is 0.269 e. The number of benzene rings is 2. The predicted molar refractivity (Wildman–Crippen MR) is 97.8 cm³/mol. The van der Waals surface area contributed by atoms with E-state index in [0.29, 0.717) is 22.0 Å². The van der Waals surface area contributed by atoms with Gasteiger partial charge in [-0.3, -0.25) is 10.1 Å². The average molecular weight is 366 g/mol. The molecule has 3 rings (SSSR count). The molecule has 128 valence electrons. The highest BCUT2D eigenvalue weighted by Gasteiger charge is 2.11. The lowest BCUT2D eigenvalue weighted by molar-refractivity contribution is -0.384. The summed E-state index contributed by atoms with van der Waals surface area (Å²) in [5, 5.41) is 25.3. The van der Waals surface area contributed by atoms with Gasteiger partial charge in [-0.15, -0.1) is 11.3 Å². The van der Waals surface area contributed by atoms with E-state index in [1.807, 2.05) is 0 Å². The Kier molecular flexibility index (Phi) is 5.01. The number of allylic oxidation sites excluding steroid dienone is 1. The summed E-state index contributed by atoms with van der Waals surface area (Å²) in [6, 6.07) is 13.9. The molecule has 0 aliphatic rings. The van der Waals surface area contributed by atoms with Crippen LogP contribution in [0.2, 0.25) is 0 Å². The fraction of sp³-hybridized carbons (Fsp3) is 0. The number of nitro benzene ring substituents is 1. The van der Waals surface area contributed by atoms with Gasteiger partial charge in [0.25, 0.3) is 5.69 Å². The second kappa shape index (κ2) is 7.55. The molecule has 0 atom stereocenters. The van der Waals surface area contributed by atoms with E-state index >= 15 is 0 Å². The van der Waals surface area contributed by atoms with Crippen LogP contribution >= 0.6 is 11.3 Å². The molecule has 0 spiro atoms. The van der Waals surface area contributed by atoms with Gasteiger partial charge in [0.05, 0.1) is 10.6 Å². The number of nitriles is 1. The predicted octanol–water partition coefficient (Wildman–Crippen LogP) is 4.83. The number of hydrogen-bond donors (Lipinski definition) is 1. The molecule has 8 heteroatoms. The van der Waals surface area contributed by atoms with E-state index in [9.17, 15) is 19.8 Å². The van der Waals surface area contributed by atoms with Crippen molar-refractivity contribution < 1.29 is 9.31 Å². The normalized spacial score (nSPS) is 11.0. The molecule has 0 bridgehead atoms. The molecule has 1 heterocycles. The van der Waals surface area contributed by atoms with Gasteiger partial charge in [-0.2, -0.15) is 5.26 Å². The molecule has 0 unspecified atom stereocenters. The van der Waals surface area contributed by atoms with E-state index in [0.717, 1.165) is 5.56 Å². The highest BCUT2D eigenvalue weighted by Crippen LogP contribution is 2.27. The van der Waals surface area contributed by atoms with Crippen LogP contribution in [0.15, 0.2) is 60.1 Å². The topological polar surface area (TPSA) is 91.8 Å². The molecule has 0 radical (unpaired) electrons. The van der Waals surface area contributed by atoms with Gasteiger partial charge in [0.2, 0.25) is 0 Å². The number of nitrogens with zero attached hydrogens (tertiary/aromatic N) is 3. The Morgan fingerprint density at radius 1 is 1.23 bits per heavy atom. The minimum atomic E-state index is -0.464. The summed E-state index contributed by atoms with van der Waals surface area (Å²) >= 11 is 1.29. The number of nitro groups is 1. The third kappa shape index (κ3) is 3.91. The Labute approximate surface area is 152 Å². The maximum absolute atomic E-state index is 12.9. The first kappa shape index (κ1) is 17.3. The molecule has 1 N–H and O–H groups in total. The van der Waals surface area contributed by atoms with Gasteiger partial charge >= 0.3 is 0 Å². The van der Waals surface area contributed by atoms with E-state index in [1.165, 1.54) is 41.8 Å². The largest absolute Gasteiger partial charge is 0.360 e. The average Bonchev–Trinajstić information content (AvgIpc) is 3.14. The third-order valence-electron chi connectivity index (χ3n) is 3.46. The monoisotopic (exact) mass is 366 g/mol. The van der Waals surface area contributed by atoms with Crippen LogP contribution in [0.1, 0.15) is 5.01 Å². The minimum absolute atomic E-state index is 0.00492. The van der Waals surface area contributed by atoms with Crippen LogP contribution < -0.4 is 5.32 Å². The van der Waals surface area contributed by atoms with Crippen molar-refractivity contribution >= 4 is 28.3 Å². The lowest BCUT2D eigenvalue weighted by Gasteiger charge is -2.01. The second-order valence-electron chi connectivity index (χ2n) is 5.16. The zero-order chi connectivity index (χ0) is 18.5. The lowest BCUT2D eigenvalue weighted by atomic mass is 10.1. The van der Waals surface area contributed by atoms with Crippen molar-refractivity contribution in [3.05, 3.63) is 81.1 Å². The van der Waals surface area contributed by atoms with Crippen molar-refractivity contribution in [2.24, 2.45) is 0 Å². The number of anilines is 1. The first-order valence-corrected chi connectivity index (χ1v) is 8.28. The zero-order valence-corrected chi connectivity index (χ0v) is 14.0. The number of aromatic nitrogens is 1. The van der Waals surface area contributed by atoms with Crippen molar-refractivity contribution in [1.29, 1.82) is 5.26 Å². The van der Waals surface area contributed by atoms with E-state index in [2.05, 4.69) is 16.4 Å². The summed E-state index contributed by atoms with van der Waals surface area (Å²) < 4.78 is 12.9. The molecule has 0 aliphatic heterocycles. The maximum Gasteiger partial charge on any atom is 0.269 e. The van der Waals surface area contributed by atoms with Crippen molar-refractivity contribution in [3.8, 4) is 17.3 Å². The number of halogens is 1. The van der Waals surface area contributed by atoms with Gasteiger partial charge in [-0.1, -0.05) is 0 Å². The molecular formula is C18H11FN4O2S. The van der Waals surface area contributed by atoms with Crippen molar-refractivity contribution in [2.45, 2.75) is 0 Å². The first-order chi connectivity index (χ1) is 12.6. The molecule has 26 heavy (non-hydrogen) atoms. The third-order valence-corrected chi connectivity index (χ3v) is 4.33. The molecule has 3 aromatic rings. The number of thiazole rings is 1. The van der Waals surface area contributed by atoms with Crippen LogP contribution in [-0.2, 0) is 0 Å². The quantitative estimate of drug-likeness (QED) is 0.396. The summed E-state index contributed by atoms with van der Waals surface area (Å²) in [4.78, 5) is 14.7. The van der Waals surface area contributed by atoms with E-state index in [-0.39, 0.29) is 11.5 Å². The molecular weight excluding hydrogens is 355 g/mol. The summed E-state index contributed by atoms with van der Waals surface area (Å²) in [5.41, 5.74) is 2.33. The fourth-order valence-electron chi connectivity index (χ4n) is 2.13. The zero-order valence-electron chi connectivity index (χ0n) is 13.2. The molecule has 0 aliphatic carbocycles. The van der Waals surface area contributed by atoms with Gasteiger partial charge in [-0.05, 0) is 36.4 Å². The Morgan fingerprint density at radius 2 is 1.92 bits per heavy atom. The van der Waals surface area contributed by atoms with E-state index in [4.69, 9.17) is 0 Å². The van der Waals surface area contributed by atoms with Crippen LogP contribution in [0.25, 0.3) is 16.8 Å². The molecule has 0 fully saturated rings.